The van der Waals surface area contributed by atoms with E-state index in [1.54, 1.807) is 0 Å². The lowest BCUT2D eigenvalue weighted by Crippen LogP contribution is -2.30. The van der Waals surface area contributed by atoms with Crippen molar-refractivity contribution in [1.29, 1.82) is 0 Å². The average Bonchev–Trinajstić information content (AvgIpc) is 4.26. The molecule has 0 spiro atoms. The number of imidazole rings is 1. The van der Waals surface area contributed by atoms with E-state index in [0.29, 0.717) is 6.42 Å². The van der Waals surface area contributed by atoms with Crippen LogP contribution in [0.3, 0.4) is 0 Å². The number of fused-ring (bicyclic) bond motifs is 13. The van der Waals surface area contributed by atoms with E-state index in [2.05, 4.69) is 272 Å². The summed E-state index contributed by atoms with van der Waals surface area (Å²) < 4.78 is 13.6. The number of hydrogen-bond donors (Lipinski definition) is 0. The van der Waals surface area contributed by atoms with Gasteiger partial charge in [-0.2, -0.15) is 0 Å². The zero-order valence-corrected chi connectivity index (χ0v) is 40.0. The quantitative estimate of drug-likeness (QED) is 0.164. The molecule has 0 saturated heterocycles. The number of aromatic nitrogens is 6. The van der Waals surface area contributed by atoms with Gasteiger partial charge in [-0.15, -0.1) is 0 Å². The van der Waals surface area contributed by atoms with Crippen LogP contribution in [-0.4, -0.2) is 27.4 Å². The molecule has 1 aliphatic rings. The fourth-order valence-electron chi connectivity index (χ4n) is 12.8. The Morgan fingerprint density at radius 2 is 0.649 bits per heavy atom. The Hall–Kier alpha value is -9.85. The van der Waals surface area contributed by atoms with Crippen LogP contribution in [0.4, 0.5) is 0 Å². The van der Waals surface area contributed by atoms with E-state index in [1.807, 2.05) is 4.57 Å². The Balaban J connectivity index is 1.01. The monoisotopic (exact) mass is 948 g/mol. The first-order valence-electron chi connectivity index (χ1n) is 25.4. The standard InChI is InChI=1S/C67H44N6O/c74-67-72(65-41-43(68-53-27-9-1-19-45(53)46-20-2-10-28-54(46)68)37-39-63(65)70-57-31-13-5-23-49(57)50-24-6-14-32-58(50)70)61-35-17-18-36-62(61)73(67)66-42-44(69-55-29-11-3-21-47(55)48-22-4-12-30-56(48)69)38-40-64(66)71-59-33-15-7-25-51(59)52-26-8-16-34-60(52)71/h1-41,66H,42H2. The molecule has 0 aliphatic heterocycles. The first kappa shape index (κ1) is 40.8. The second-order valence-electron chi connectivity index (χ2n) is 19.6. The second-order valence-corrected chi connectivity index (χ2v) is 19.6. The Morgan fingerprint density at radius 3 is 1.08 bits per heavy atom. The van der Waals surface area contributed by atoms with E-state index >= 15 is 4.79 Å². The van der Waals surface area contributed by atoms with E-state index in [9.17, 15) is 0 Å². The molecule has 1 unspecified atom stereocenters. The highest BCUT2D eigenvalue weighted by Crippen LogP contribution is 2.45. The van der Waals surface area contributed by atoms with Crippen LogP contribution in [0.1, 0.15) is 12.5 Å². The molecule has 7 heteroatoms. The topological polar surface area (TPSA) is 46.6 Å². The van der Waals surface area contributed by atoms with E-state index in [1.165, 1.54) is 32.3 Å². The van der Waals surface area contributed by atoms with E-state index < -0.39 is 6.04 Å². The second kappa shape index (κ2) is 15.6. The largest absolute Gasteiger partial charge is 0.334 e. The van der Waals surface area contributed by atoms with Gasteiger partial charge in [-0.3, -0.25) is 9.13 Å². The number of para-hydroxylation sites is 10. The summed E-state index contributed by atoms with van der Waals surface area (Å²) >= 11 is 0. The Bertz CT molecular complexity index is 4770. The van der Waals surface area contributed by atoms with Crippen molar-refractivity contribution in [2.24, 2.45) is 0 Å². The third-order valence-electron chi connectivity index (χ3n) is 15.8. The van der Waals surface area contributed by atoms with Gasteiger partial charge >= 0.3 is 5.69 Å². The molecule has 0 saturated carbocycles. The number of benzene rings is 10. The summed E-state index contributed by atoms with van der Waals surface area (Å²) in [5, 5.41) is 9.42. The Morgan fingerprint density at radius 1 is 0.297 bits per heavy atom. The van der Waals surface area contributed by atoms with Gasteiger partial charge in [0.25, 0.3) is 0 Å². The maximum atomic E-state index is 16.8. The lowest BCUT2D eigenvalue weighted by atomic mass is 10.00. The fourth-order valence-corrected chi connectivity index (χ4v) is 12.8. The molecular weight excluding hydrogens is 905 g/mol. The van der Waals surface area contributed by atoms with Gasteiger partial charge in [-0.05, 0) is 91.0 Å². The highest BCUT2D eigenvalue weighted by atomic mass is 16.1. The minimum absolute atomic E-state index is 0.118. The molecule has 0 radical (unpaired) electrons. The molecule has 15 aromatic rings. The van der Waals surface area contributed by atoms with Crippen LogP contribution < -0.4 is 5.69 Å². The molecular formula is C67H44N6O. The molecule has 7 nitrogen and oxygen atoms in total. The summed E-state index contributed by atoms with van der Waals surface area (Å²) in [5.74, 6) is 0. The average molecular weight is 949 g/mol. The van der Waals surface area contributed by atoms with Crippen molar-refractivity contribution in [3.63, 3.8) is 0 Å². The molecule has 0 N–H and O–H groups in total. The number of rotatable bonds is 6. The summed E-state index contributed by atoms with van der Waals surface area (Å²) in [6, 6.07) is 83.8. The summed E-state index contributed by atoms with van der Waals surface area (Å²) in [6.45, 7) is 0. The molecule has 0 bridgehead atoms. The van der Waals surface area contributed by atoms with Gasteiger partial charge in [0.2, 0.25) is 0 Å². The predicted molar refractivity (Wildman–Crippen MR) is 307 cm³/mol. The van der Waals surface area contributed by atoms with E-state index in [0.717, 1.165) is 94.4 Å². The molecule has 5 heterocycles. The van der Waals surface area contributed by atoms with Crippen LogP contribution in [0.15, 0.2) is 254 Å². The number of nitrogens with zero attached hydrogens (tertiary/aromatic N) is 6. The van der Waals surface area contributed by atoms with Crippen molar-refractivity contribution in [3.8, 4) is 17.1 Å². The van der Waals surface area contributed by atoms with Gasteiger partial charge in [0.1, 0.15) is 0 Å². The third-order valence-corrected chi connectivity index (χ3v) is 15.8. The first-order valence-corrected chi connectivity index (χ1v) is 25.4. The molecule has 10 aromatic carbocycles. The van der Waals surface area contributed by atoms with Crippen LogP contribution in [-0.2, 0) is 0 Å². The van der Waals surface area contributed by atoms with Crippen LogP contribution in [0.5, 0.6) is 0 Å². The molecule has 16 rings (SSSR count). The molecule has 348 valence electrons. The highest BCUT2D eigenvalue weighted by molar-refractivity contribution is 6.13. The normalized spacial score (nSPS) is 14.2. The minimum Gasteiger partial charge on any atom is -0.313 e. The highest BCUT2D eigenvalue weighted by Gasteiger charge is 2.32. The molecule has 1 aliphatic carbocycles. The van der Waals surface area contributed by atoms with Crippen LogP contribution >= 0.6 is 0 Å². The van der Waals surface area contributed by atoms with Crippen molar-refractivity contribution in [1.82, 2.24) is 27.4 Å². The fraction of sp³-hybridized carbons (Fsp3) is 0.0299. The lowest BCUT2D eigenvalue weighted by Gasteiger charge is -2.29. The van der Waals surface area contributed by atoms with Crippen molar-refractivity contribution < 1.29 is 0 Å². The van der Waals surface area contributed by atoms with Crippen molar-refractivity contribution in [2.75, 3.05) is 0 Å². The van der Waals surface area contributed by atoms with Gasteiger partial charge < -0.3 is 18.3 Å². The van der Waals surface area contributed by atoms with Crippen LogP contribution in [0.25, 0.3) is 127 Å². The summed E-state index contributed by atoms with van der Waals surface area (Å²) in [7, 11) is 0. The van der Waals surface area contributed by atoms with Gasteiger partial charge in [0.15, 0.2) is 0 Å². The van der Waals surface area contributed by atoms with Gasteiger partial charge in [-0.25, -0.2) is 4.79 Å². The number of hydrogen-bond acceptors (Lipinski definition) is 1. The Kier molecular flexibility index (Phi) is 8.59. The Labute approximate surface area is 423 Å². The van der Waals surface area contributed by atoms with Gasteiger partial charge in [-0.1, -0.05) is 158 Å². The SMILES string of the molecule is O=c1n(-c2cc(-n3c4ccccc4c4ccccc43)ccc2-n2c3ccccc3c3ccccc32)c2ccccc2n1C1CC(n2c3ccccc3c3ccccc32)=CC=C1n1c2ccccc2c2ccccc21. The molecule has 5 aromatic heterocycles. The van der Waals surface area contributed by atoms with Crippen molar-refractivity contribution >= 4 is 110 Å². The summed E-state index contributed by atoms with van der Waals surface area (Å²) in [5.41, 5.74) is 15.2. The molecule has 74 heavy (non-hydrogen) atoms. The van der Waals surface area contributed by atoms with Crippen molar-refractivity contribution in [2.45, 2.75) is 12.5 Å². The van der Waals surface area contributed by atoms with Gasteiger partial charge in [0.05, 0.1) is 72.6 Å². The smallest absolute Gasteiger partial charge is 0.313 e. The zero-order valence-electron chi connectivity index (χ0n) is 40.0. The first-order chi connectivity index (χ1) is 36.7. The molecule has 1 atom stereocenters. The van der Waals surface area contributed by atoms with Crippen molar-refractivity contribution in [3.05, 3.63) is 259 Å². The van der Waals surface area contributed by atoms with Crippen LogP contribution in [0.2, 0.25) is 0 Å². The number of allylic oxidation sites excluding steroid dienone is 4. The summed E-state index contributed by atoms with van der Waals surface area (Å²) in [4.78, 5) is 16.8. The lowest BCUT2D eigenvalue weighted by molar-refractivity contribution is 0.595. The molecule has 0 amide bonds. The summed E-state index contributed by atoms with van der Waals surface area (Å²) in [6.07, 6.45) is 5.11. The van der Waals surface area contributed by atoms with Crippen LogP contribution in [0, 0.1) is 0 Å². The third kappa shape index (κ3) is 5.63. The van der Waals surface area contributed by atoms with Gasteiger partial charge in [0, 0.05) is 66.6 Å². The predicted octanol–water partition coefficient (Wildman–Crippen LogP) is 16.2. The van der Waals surface area contributed by atoms with E-state index in [4.69, 9.17) is 0 Å². The maximum absolute atomic E-state index is 16.8. The molecule has 0 fully saturated rings. The maximum Gasteiger partial charge on any atom is 0.334 e. The zero-order chi connectivity index (χ0) is 48.6. The van der Waals surface area contributed by atoms with E-state index in [-0.39, 0.29) is 5.69 Å². The minimum atomic E-state index is -0.440.